The van der Waals surface area contributed by atoms with Crippen LogP contribution >= 0.6 is 0 Å². The Morgan fingerprint density at radius 3 is 2.16 bits per heavy atom. The largest absolute Gasteiger partial charge is 0.445 e. The van der Waals surface area contributed by atoms with Gasteiger partial charge in [-0.3, -0.25) is 0 Å². The van der Waals surface area contributed by atoms with Gasteiger partial charge in [0.25, 0.3) is 0 Å². The van der Waals surface area contributed by atoms with Crippen LogP contribution in [-0.4, -0.2) is 42.8 Å². The van der Waals surface area contributed by atoms with Gasteiger partial charge in [0.05, 0.1) is 6.54 Å². The van der Waals surface area contributed by atoms with Gasteiger partial charge in [0.15, 0.2) is 11.9 Å². The number of carbonyl (C=O) groups is 1. The molecule has 1 atom stereocenters. The van der Waals surface area contributed by atoms with Crippen molar-refractivity contribution < 1.29 is 24.1 Å². The molecule has 2 aromatic rings. The Morgan fingerprint density at radius 1 is 1.00 bits per heavy atom. The van der Waals surface area contributed by atoms with Crippen molar-refractivity contribution in [3.05, 3.63) is 77.9 Å². The molecule has 0 heterocycles. The minimum atomic E-state index is -1.58. The van der Waals surface area contributed by atoms with E-state index < -0.39 is 18.0 Å². The summed E-state index contributed by atoms with van der Waals surface area (Å²) in [5.74, 6) is 0. The molecule has 0 aliphatic carbocycles. The fraction of sp³-hybridized carbons (Fsp3) is 0.400. The van der Waals surface area contributed by atoms with Crippen molar-refractivity contribution in [2.24, 2.45) is 0 Å². The first kappa shape index (κ1) is 24.6. The van der Waals surface area contributed by atoms with Crippen LogP contribution in [0.1, 0.15) is 37.8 Å². The number of rotatable bonds is 13. The molecule has 6 nitrogen and oxygen atoms in total. The number of hydrogen-bond acceptors (Lipinski definition) is 5. The zero-order valence-corrected chi connectivity index (χ0v) is 18.3. The van der Waals surface area contributed by atoms with Crippen LogP contribution in [0, 0.1) is 0 Å². The Hall–Kier alpha value is -2.67. The molecule has 0 fully saturated rings. The van der Waals surface area contributed by atoms with Crippen LogP contribution in [0.4, 0.5) is 4.79 Å². The molecule has 0 saturated carbocycles. The van der Waals surface area contributed by atoms with Gasteiger partial charge in [-0.05, 0) is 30.0 Å². The van der Waals surface area contributed by atoms with Gasteiger partial charge >= 0.3 is 6.09 Å². The van der Waals surface area contributed by atoms with Crippen molar-refractivity contribution in [1.29, 1.82) is 0 Å². The molecule has 31 heavy (non-hydrogen) atoms. The number of nitrogens with one attached hydrogen (secondary N) is 1. The van der Waals surface area contributed by atoms with Crippen molar-refractivity contribution in [3.8, 4) is 0 Å². The lowest BCUT2D eigenvalue weighted by molar-refractivity contribution is -0.219. The minimum Gasteiger partial charge on any atom is -0.445 e. The summed E-state index contributed by atoms with van der Waals surface area (Å²) < 4.78 is 16.8. The first-order chi connectivity index (χ1) is 15.1. The summed E-state index contributed by atoms with van der Waals surface area (Å²) in [5, 5.41) is 14.1. The van der Waals surface area contributed by atoms with Crippen LogP contribution in [-0.2, 0) is 20.8 Å². The smallest absolute Gasteiger partial charge is 0.407 e. The highest BCUT2D eigenvalue weighted by atomic mass is 16.7. The maximum Gasteiger partial charge on any atom is 0.407 e. The van der Waals surface area contributed by atoms with Crippen LogP contribution in [0.2, 0.25) is 0 Å². The van der Waals surface area contributed by atoms with E-state index in [2.05, 4.69) is 5.32 Å². The summed E-state index contributed by atoms with van der Waals surface area (Å²) in [5.41, 5.74) is 0.219. The summed E-state index contributed by atoms with van der Waals surface area (Å²) in [6, 6.07) is 19.0. The molecule has 1 amide bonds. The van der Waals surface area contributed by atoms with Gasteiger partial charge in [0.1, 0.15) is 6.61 Å². The second-order valence-electron chi connectivity index (χ2n) is 7.22. The van der Waals surface area contributed by atoms with E-state index in [1.165, 1.54) is 0 Å². The van der Waals surface area contributed by atoms with Crippen molar-refractivity contribution in [2.75, 3.05) is 19.8 Å². The van der Waals surface area contributed by atoms with Crippen molar-refractivity contribution in [1.82, 2.24) is 5.32 Å². The van der Waals surface area contributed by atoms with Crippen molar-refractivity contribution in [3.63, 3.8) is 0 Å². The number of aliphatic hydroxyl groups is 1. The summed E-state index contributed by atoms with van der Waals surface area (Å²) in [6.07, 6.45) is 3.39. The van der Waals surface area contributed by atoms with E-state index in [0.717, 1.165) is 24.0 Å². The van der Waals surface area contributed by atoms with Gasteiger partial charge in [-0.15, -0.1) is 0 Å². The zero-order chi connectivity index (χ0) is 22.4. The number of ether oxygens (including phenoxy) is 3. The summed E-state index contributed by atoms with van der Waals surface area (Å²) in [7, 11) is 0. The lowest BCUT2D eigenvalue weighted by Crippen LogP contribution is -2.52. The number of alkyl carbamates (subject to hydrolysis) is 1. The van der Waals surface area contributed by atoms with Gasteiger partial charge in [0.2, 0.25) is 0 Å². The van der Waals surface area contributed by atoms with E-state index in [1.807, 2.05) is 74.5 Å². The predicted molar refractivity (Wildman–Crippen MR) is 121 cm³/mol. The van der Waals surface area contributed by atoms with E-state index in [4.69, 9.17) is 14.2 Å². The third kappa shape index (κ3) is 8.92. The van der Waals surface area contributed by atoms with Gasteiger partial charge in [-0.25, -0.2) is 4.79 Å². The normalized spacial score (nSPS) is 13.3. The fourth-order valence-electron chi connectivity index (χ4n) is 2.80. The molecule has 2 N–H and O–H groups in total. The molecule has 2 aromatic carbocycles. The van der Waals surface area contributed by atoms with Gasteiger partial charge in [0, 0.05) is 13.2 Å². The number of hydrogen-bond donors (Lipinski definition) is 2. The molecule has 0 radical (unpaired) electrons. The summed E-state index contributed by atoms with van der Waals surface area (Å²) in [4.78, 5) is 12.2. The van der Waals surface area contributed by atoms with E-state index in [0.29, 0.717) is 13.2 Å². The third-order valence-corrected chi connectivity index (χ3v) is 4.45. The van der Waals surface area contributed by atoms with Gasteiger partial charge < -0.3 is 24.6 Å². The minimum absolute atomic E-state index is 0.123. The molecule has 6 heteroatoms. The van der Waals surface area contributed by atoms with Crippen LogP contribution in [0.15, 0.2) is 66.7 Å². The molecule has 0 aromatic heterocycles. The number of amides is 1. The topological polar surface area (TPSA) is 77.0 Å². The Kier molecular flexibility index (Phi) is 10.8. The van der Waals surface area contributed by atoms with Crippen molar-refractivity contribution in [2.45, 2.75) is 45.2 Å². The van der Waals surface area contributed by atoms with Crippen molar-refractivity contribution >= 4 is 12.2 Å². The second kappa shape index (κ2) is 13.6. The van der Waals surface area contributed by atoms with E-state index >= 15 is 0 Å². The maximum atomic E-state index is 12.2. The highest BCUT2D eigenvalue weighted by molar-refractivity contribution is 5.67. The van der Waals surface area contributed by atoms with Crippen LogP contribution in [0.5, 0.6) is 0 Å². The van der Waals surface area contributed by atoms with Crippen LogP contribution < -0.4 is 5.32 Å². The quantitative estimate of drug-likeness (QED) is 0.459. The molecule has 2 rings (SSSR count). The molecule has 0 saturated heterocycles. The molecule has 0 unspecified atom stereocenters. The first-order valence-electron chi connectivity index (χ1n) is 10.7. The molecule has 0 aliphatic heterocycles. The summed E-state index contributed by atoms with van der Waals surface area (Å²) >= 11 is 0. The molecular weight excluding hydrogens is 394 g/mol. The highest BCUT2D eigenvalue weighted by Gasteiger charge is 2.37. The fourth-order valence-corrected chi connectivity index (χ4v) is 2.80. The maximum absolute atomic E-state index is 12.2. The van der Waals surface area contributed by atoms with E-state index in [9.17, 15) is 9.90 Å². The van der Waals surface area contributed by atoms with Crippen LogP contribution in [0.3, 0.4) is 0 Å². The Bertz CT molecular complexity index is 773. The van der Waals surface area contributed by atoms with Gasteiger partial charge in [-0.2, -0.15) is 0 Å². The zero-order valence-electron chi connectivity index (χ0n) is 18.3. The first-order valence-corrected chi connectivity index (χ1v) is 10.7. The second-order valence-corrected chi connectivity index (χ2v) is 7.22. The standard InChI is InChI=1S/C25H33NO5/c1-3-17-29-23(30-18-4-2)25(28,16-15-21-11-7-5-8-12-21)20-26-24(27)31-19-22-13-9-6-10-14-22/h5-16,23,28H,3-4,17-20H2,1-2H3,(H,26,27)/b16-15+/t25-/m1/s1. The molecule has 168 valence electrons. The van der Waals surface area contributed by atoms with Gasteiger partial charge in [-0.1, -0.05) is 80.6 Å². The molecule has 0 spiro atoms. The molecule has 0 bridgehead atoms. The average molecular weight is 428 g/mol. The van der Waals surface area contributed by atoms with Crippen LogP contribution in [0.25, 0.3) is 6.08 Å². The number of carbonyl (C=O) groups excluding carboxylic acids is 1. The number of benzene rings is 2. The highest BCUT2D eigenvalue weighted by Crippen LogP contribution is 2.20. The Balaban J connectivity index is 2.08. The molecular formula is C25H33NO5. The van der Waals surface area contributed by atoms with E-state index in [-0.39, 0.29) is 13.2 Å². The predicted octanol–water partition coefficient (Wildman–Crippen LogP) is 4.54. The average Bonchev–Trinajstić information content (AvgIpc) is 2.81. The Morgan fingerprint density at radius 2 is 1.58 bits per heavy atom. The third-order valence-electron chi connectivity index (χ3n) is 4.45. The van der Waals surface area contributed by atoms with E-state index in [1.54, 1.807) is 12.2 Å². The summed E-state index contributed by atoms with van der Waals surface area (Å²) in [6.45, 7) is 4.83. The molecule has 0 aliphatic rings. The SMILES string of the molecule is CCCOC(OCCC)[C@@](O)(/C=C/c1ccccc1)CNC(=O)OCc1ccccc1. The Labute approximate surface area is 184 Å². The lowest BCUT2D eigenvalue weighted by Gasteiger charge is -2.33. The monoisotopic (exact) mass is 427 g/mol. The lowest BCUT2D eigenvalue weighted by atomic mass is 10.0.